The van der Waals surface area contributed by atoms with E-state index in [9.17, 15) is 4.79 Å². The molecule has 0 aromatic carbocycles. The summed E-state index contributed by atoms with van der Waals surface area (Å²) in [5.74, 6) is -0.278. The summed E-state index contributed by atoms with van der Waals surface area (Å²) in [6, 6.07) is 4.05. The number of amides is 1. The number of nitrogens with one attached hydrogen (secondary N) is 1. The van der Waals surface area contributed by atoms with Gasteiger partial charge in [-0.15, -0.1) is 0 Å². The van der Waals surface area contributed by atoms with Crippen LogP contribution in [0.3, 0.4) is 0 Å². The molecule has 0 spiro atoms. The molecule has 1 amide bonds. The summed E-state index contributed by atoms with van der Waals surface area (Å²) >= 11 is 0. The summed E-state index contributed by atoms with van der Waals surface area (Å²) in [7, 11) is 2.00. The van der Waals surface area contributed by atoms with Crippen molar-refractivity contribution in [2.75, 3.05) is 0 Å². The predicted octanol–water partition coefficient (Wildman–Crippen LogP) is 0.769. The van der Waals surface area contributed by atoms with E-state index >= 15 is 0 Å². The number of hydrogen-bond donors (Lipinski definition) is 2. The molecule has 0 atom stereocenters. The third-order valence-electron chi connectivity index (χ3n) is 2.42. The standard InChI is InChI=1S/C11H19N3O/c1-11(2,7-10(12)15)13-8-9-5-4-6-14(9)3/h4-6,13H,7-8H2,1-3H3,(H2,12,15). The lowest BCUT2D eigenvalue weighted by Crippen LogP contribution is -2.42. The van der Waals surface area contributed by atoms with Crippen LogP contribution in [0.15, 0.2) is 18.3 Å². The highest BCUT2D eigenvalue weighted by Gasteiger charge is 2.19. The molecule has 4 nitrogen and oxygen atoms in total. The molecule has 3 N–H and O–H groups in total. The van der Waals surface area contributed by atoms with E-state index in [-0.39, 0.29) is 11.4 Å². The Morgan fingerprint density at radius 3 is 2.73 bits per heavy atom. The van der Waals surface area contributed by atoms with Crippen LogP contribution in [0.1, 0.15) is 26.0 Å². The molecule has 0 unspecified atom stereocenters. The SMILES string of the molecule is Cn1cccc1CNC(C)(C)CC(N)=O. The van der Waals surface area contributed by atoms with Crippen LogP contribution in [0.2, 0.25) is 0 Å². The van der Waals surface area contributed by atoms with Crippen LogP contribution in [0, 0.1) is 0 Å². The summed E-state index contributed by atoms with van der Waals surface area (Å²) < 4.78 is 2.05. The molecule has 15 heavy (non-hydrogen) atoms. The van der Waals surface area contributed by atoms with E-state index in [1.165, 1.54) is 5.69 Å². The van der Waals surface area contributed by atoms with E-state index < -0.39 is 0 Å². The third-order valence-corrected chi connectivity index (χ3v) is 2.42. The van der Waals surface area contributed by atoms with Gasteiger partial charge in [0.25, 0.3) is 0 Å². The molecule has 0 saturated carbocycles. The highest BCUT2D eigenvalue weighted by Crippen LogP contribution is 2.09. The van der Waals surface area contributed by atoms with Gasteiger partial charge in [0.05, 0.1) is 0 Å². The summed E-state index contributed by atoms with van der Waals surface area (Å²) in [5, 5.41) is 3.31. The maximum absolute atomic E-state index is 10.8. The van der Waals surface area contributed by atoms with Crippen LogP contribution in [-0.2, 0) is 18.4 Å². The average Bonchev–Trinajstić information content (AvgIpc) is 2.45. The van der Waals surface area contributed by atoms with Crippen molar-refractivity contribution in [3.63, 3.8) is 0 Å². The van der Waals surface area contributed by atoms with Crippen LogP contribution in [0.5, 0.6) is 0 Å². The van der Waals surface area contributed by atoms with Crippen LogP contribution >= 0.6 is 0 Å². The first kappa shape index (κ1) is 11.8. The number of nitrogens with two attached hydrogens (primary N) is 1. The van der Waals surface area contributed by atoms with Gasteiger partial charge >= 0.3 is 0 Å². The van der Waals surface area contributed by atoms with E-state index in [0.29, 0.717) is 6.42 Å². The number of aromatic nitrogens is 1. The zero-order chi connectivity index (χ0) is 11.5. The van der Waals surface area contributed by atoms with Crippen molar-refractivity contribution in [2.24, 2.45) is 12.8 Å². The number of rotatable bonds is 5. The molecule has 1 aromatic heterocycles. The molecule has 0 aliphatic rings. The molecule has 0 radical (unpaired) electrons. The fraction of sp³-hybridized carbons (Fsp3) is 0.545. The first-order valence-corrected chi connectivity index (χ1v) is 5.04. The van der Waals surface area contributed by atoms with Gasteiger partial charge in [-0.2, -0.15) is 0 Å². The van der Waals surface area contributed by atoms with Crippen LogP contribution < -0.4 is 11.1 Å². The minimum Gasteiger partial charge on any atom is -0.370 e. The predicted molar refractivity (Wildman–Crippen MR) is 60.1 cm³/mol. The highest BCUT2D eigenvalue weighted by molar-refractivity contribution is 5.74. The van der Waals surface area contributed by atoms with Crippen molar-refractivity contribution in [1.29, 1.82) is 0 Å². The van der Waals surface area contributed by atoms with E-state index in [0.717, 1.165) is 6.54 Å². The summed E-state index contributed by atoms with van der Waals surface area (Å²) in [6.45, 7) is 4.69. The minimum atomic E-state index is -0.278. The van der Waals surface area contributed by atoms with Crippen molar-refractivity contribution in [3.8, 4) is 0 Å². The second-order valence-corrected chi connectivity index (χ2v) is 4.49. The summed E-state index contributed by atoms with van der Waals surface area (Å²) in [5.41, 5.74) is 6.11. The maximum atomic E-state index is 10.8. The van der Waals surface area contributed by atoms with Gasteiger partial charge in [0, 0.05) is 37.4 Å². The highest BCUT2D eigenvalue weighted by atomic mass is 16.1. The molecule has 4 heteroatoms. The first-order valence-electron chi connectivity index (χ1n) is 5.04. The Balaban J connectivity index is 2.49. The second-order valence-electron chi connectivity index (χ2n) is 4.49. The lowest BCUT2D eigenvalue weighted by Gasteiger charge is -2.24. The zero-order valence-corrected chi connectivity index (χ0v) is 9.58. The van der Waals surface area contributed by atoms with Crippen LogP contribution in [-0.4, -0.2) is 16.0 Å². The van der Waals surface area contributed by atoms with Gasteiger partial charge in [-0.05, 0) is 26.0 Å². The molecule has 1 heterocycles. The Kier molecular flexibility index (Phi) is 3.52. The molecule has 1 aromatic rings. The quantitative estimate of drug-likeness (QED) is 0.752. The number of aryl methyl sites for hydroxylation is 1. The van der Waals surface area contributed by atoms with Gasteiger partial charge in [-0.25, -0.2) is 0 Å². The Morgan fingerprint density at radius 1 is 1.60 bits per heavy atom. The van der Waals surface area contributed by atoms with Gasteiger partial charge in [-0.3, -0.25) is 4.79 Å². The Labute approximate surface area is 90.5 Å². The monoisotopic (exact) mass is 209 g/mol. The second kappa shape index (κ2) is 4.49. The molecule has 0 bridgehead atoms. The largest absolute Gasteiger partial charge is 0.370 e. The Hall–Kier alpha value is -1.29. The van der Waals surface area contributed by atoms with Gasteiger partial charge < -0.3 is 15.6 Å². The van der Waals surface area contributed by atoms with E-state index in [4.69, 9.17) is 5.73 Å². The molecule has 0 saturated heterocycles. The summed E-state index contributed by atoms with van der Waals surface area (Å²) in [4.78, 5) is 10.8. The van der Waals surface area contributed by atoms with Crippen molar-refractivity contribution in [1.82, 2.24) is 9.88 Å². The topological polar surface area (TPSA) is 60.1 Å². The number of nitrogens with zero attached hydrogens (tertiary/aromatic N) is 1. The molecular formula is C11H19N3O. The van der Waals surface area contributed by atoms with Gasteiger partial charge in [-0.1, -0.05) is 0 Å². The maximum Gasteiger partial charge on any atom is 0.219 e. The molecular weight excluding hydrogens is 190 g/mol. The normalized spacial score (nSPS) is 11.7. The van der Waals surface area contributed by atoms with Gasteiger partial charge in [0.15, 0.2) is 0 Å². The fourth-order valence-electron chi connectivity index (χ4n) is 1.51. The summed E-state index contributed by atoms with van der Waals surface area (Å²) in [6.07, 6.45) is 2.34. The third kappa shape index (κ3) is 3.75. The van der Waals surface area contributed by atoms with Crippen molar-refractivity contribution in [3.05, 3.63) is 24.0 Å². The smallest absolute Gasteiger partial charge is 0.219 e. The molecule has 0 aliphatic carbocycles. The molecule has 0 aliphatic heterocycles. The number of hydrogen-bond acceptors (Lipinski definition) is 2. The van der Waals surface area contributed by atoms with Crippen molar-refractivity contribution < 1.29 is 4.79 Å². The van der Waals surface area contributed by atoms with E-state index in [1.807, 2.05) is 43.8 Å². The van der Waals surface area contributed by atoms with Crippen LogP contribution in [0.25, 0.3) is 0 Å². The van der Waals surface area contributed by atoms with E-state index in [2.05, 4.69) is 5.32 Å². The molecule has 1 rings (SSSR count). The number of carbonyl (C=O) groups is 1. The van der Waals surface area contributed by atoms with Crippen LogP contribution in [0.4, 0.5) is 0 Å². The first-order chi connectivity index (χ1) is 6.91. The van der Waals surface area contributed by atoms with Gasteiger partial charge in [0.2, 0.25) is 5.91 Å². The lowest BCUT2D eigenvalue weighted by molar-refractivity contribution is -0.119. The lowest BCUT2D eigenvalue weighted by atomic mass is 10.0. The fourth-order valence-corrected chi connectivity index (χ4v) is 1.51. The zero-order valence-electron chi connectivity index (χ0n) is 9.58. The van der Waals surface area contributed by atoms with Gasteiger partial charge in [0.1, 0.15) is 0 Å². The van der Waals surface area contributed by atoms with E-state index in [1.54, 1.807) is 0 Å². The Morgan fingerprint density at radius 2 is 2.27 bits per heavy atom. The molecule has 84 valence electrons. The number of primary amides is 1. The Bertz CT molecular complexity index is 341. The molecule has 0 fully saturated rings. The average molecular weight is 209 g/mol. The van der Waals surface area contributed by atoms with Crippen molar-refractivity contribution >= 4 is 5.91 Å². The minimum absolute atomic E-state index is 0.254. The number of carbonyl (C=O) groups excluding carboxylic acids is 1. The van der Waals surface area contributed by atoms with Crippen molar-refractivity contribution in [2.45, 2.75) is 32.4 Å².